The average Bonchev–Trinajstić information content (AvgIpc) is 3.28. The van der Waals surface area contributed by atoms with Crippen LogP contribution < -0.4 is 10.1 Å². The molecule has 1 aliphatic heterocycles. The zero-order valence-corrected chi connectivity index (χ0v) is 21.3. The normalized spacial score (nSPS) is 16.1. The molecule has 0 bridgehead atoms. The molecule has 0 aliphatic carbocycles. The molecule has 1 heterocycles. The molecule has 0 radical (unpaired) electrons. The Bertz CT molecular complexity index is 1100. The molecule has 1 unspecified atom stereocenters. The maximum Gasteiger partial charge on any atom is 0.410 e. The van der Waals surface area contributed by atoms with Crippen LogP contribution in [0.5, 0.6) is 5.75 Å². The van der Waals surface area contributed by atoms with Crippen LogP contribution in [0.4, 0.5) is 4.79 Å². The molecule has 1 saturated heterocycles. The monoisotopic (exact) mass is 496 g/mol. The van der Waals surface area contributed by atoms with Gasteiger partial charge in [-0.3, -0.25) is 9.59 Å². The number of allylic oxidation sites excluding steroid dienone is 1. The van der Waals surface area contributed by atoms with Crippen LogP contribution in [-0.4, -0.2) is 59.3 Å². The first-order valence-electron chi connectivity index (χ1n) is 12.4. The summed E-state index contributed by atoms with van der Waals surface area (Å²) in [6.45, 7) is 6.45. The van der Waals surface area contributed by atoms with E-state index in [0.717, 1.165) is 10.8 Å². The summed E-state index contributed by atoms with van der Waals surface area (Å²) in [6.07, 6.45) is 3.96. The molecule has 2 amide bonds. The molecule has 2 N–H and O–H groups in total. The van der Waals surface area contributed by atoms with Gasteiger partial charge in [0.1, 0.15) is 18.0 Å². The van der Waals surface area contributed by atoms with Gasteiger partial charge in [0.15, 0.2) is 0 Å². The number of fused-ring (bicyclic) bond motifs is 1. The molecule has 3 rings (SSSR count). The highest BCUT2D eigenvalue weighted by Gasteiger charge is 2.31. The van der Waals surface area contributed by atoms with Gasteiger partial charge in [0, 0.05) is 30.9 Å². The summed E-state index contributed by atoms with van der Waals surface area (Å²) in [5, 5.41) is 13.9. The predicted molar refractivity (Wildman–Crippen MR) is 138 cm³/mol. The van der Waals surface area contributed by atoms with Crippen molar-refractivity contribution in [1.82, 2.24) is 10.2 Å². The van der Waals surface area contributed by atoms with Crippen molar-refractivity contribution in [3.05, 3.63) is 54.1 Å². The van der Waals surface area contributed by atoms with Crippen LogP contribution in [0.1, 0.15) is 52.9 Å². The zero-order valence-electron chi connectivity index (χ0n) is 21.3. The van der Waals surface area contributed by atoms with Gasteiger partial charge in [-0.2, -0.15) is 0 Å². The zero-order chi connectivity index (χ0) is 26.1. The second kappa shape index (κ2) is 12.4. The molecule has 2 aromatic rings. The van der Waals surface area contributed by atoms with Crippen LogP contribution in [-0.2, 0) is 14.3 Å². The second-order valence-corrected chi connectivity index (χ2v) is 10.0. The average molecular weight is 497 g/mol. The van der Waals surface area contributed by atoms with Crippen molar-refractivity contribution < 1.29 is 29.0 Å². The minimum atomic E-state index is -0.827. The number of hydrogen-bond donors (Lipinski definition) is 2. The van der Waals surface area contributed by atoms with Crippen LogP contribution in [0.3, 0.4) is 0 Å². The molecule has 2 aromatic carbocycles. The quantitative estimate of drug-likeness (QED) is 0.357. The number of carbonyl (C=O) groups excluding carboxylic acids is 2. The first kappa shape index (κ1) is 27.0. The van der Waals surface area contributed by atoms with Crippen molar-refractivity contribution in [2.45, 2.75) is 64.5 Å². The Morgan fingerprint density at radius 1 is 1.11 bits per heavy atom. The molecule has 0 spiro atoms. The Morgan fingerprint density at radius 3 is 2.61 bits per heavy atom. The van der Waals surface area contributed by atoms with Gasteiger partial charge in [-0.15, -0.1) is 0 Å². The van der Waals surface area contributed by atoms with Crippen LogP contribution >= 0.6 is 0 Å². The number of unbranched alkanes of at least 4 members (excludes halogenated alkanes) is 2. The van der Waals surface area contributed by atoms with Crippen molar-refractivity contribution in [3.8, 4) is 5.75 Å². The van der Waals surface area contributed by atoms with Gasteiger partial charge in [-0.25, -0.2) is 4.79 Å². The molecule has 8 nitrogen and oxygen atoms in total. The third-order valence-electron chi connectivity index (χ3n) is 5.84. The Morgan fingerprint density at radius 2 is 1.86 bits per heavy atom. The van der Waals surface area contributed by atoms with E-state index in [4.69, 9.17) is 14.6 Å². The van der Waals surface area contributed by atoms with Gasteiger partial charge in [-0.05, 0) is 57.9 Å². The highest BCUT2D eigenvalue weighted by atomic mass is 16.6. The van der Waals surface area contributed by atoms with Gasteiger partial charge >= 0.3 is 12.1 Å². The van der Waals surface area contributed by atoms with Crippen molar-refractivity contribution >= 4 is 28.7 Å². The number of carboxylic acid groups (broad SMARTS) is 1. The molecule has 0 aromatic heterocycles. The van der Waals surface area contributed by atoms with Gasteiger partial charge in [0.05, 0.1) is 5.57 Å². The van der Waals surface area contributed by atoms with Crippen molar-refractivity contribution in [3.63, 3.8) is 0 Å². The van der Waals surface area contributed by atoms with Gasteiger partial charge in [-0.1, -0.05) is 42.5 Å². The van der Waals surface area contributed by atoms with Gasteiger partial charge < -0.3 is 24.8 Å². The number of ether oxygens (including phenoxy) is 2. The minimum absolute atomic E-state index is 0.0846. The van der Waals surface area contributed by atoms with Crippen molar-refractivity contribution in [2.75, 3.05) is 19.7 Å². The summed E-state index contributed by atoms with van der Waals surface area (Å²) in [5.41, 5.74) is -0.0949. The molecule has 1 aliphatic rings. The van der Waals surface area contributed by atoms with E-state index in [2.05, 4.69) is 5.32 Å². The number of aliphatic carboxylic acids is 1. The van der Waals surface area contributed by atoms with Gasteiger partial charge in [0.25, 0.3) is 5.91 Å². The van der Waals surface area contributed by atoms with E-state index in [0.29, 0.717) is 50.1 Å². The minimum Gasteiger partial charge on any atom is -0.488 e. The molecule has 36 heavy (non-hydrogen) atoms. The van der Waals surface area contributed by atoms with E-state index in [1.54, 1.807) is 4.90 Å². The Labute approximate surface area is 212 Å². The van der Waals surface area contributed by atoms with E-state index < -0.39 is 11.6 Å². The molecule has 1 fully saturated rings. The molecule has 1 atom stereocenters. The maximum absolute atomic E-state index is 13.2. The fraction of sp³-hybridized carbons (Fsp3) is 0.464. The van der Waals surface area contributed by atoms with Crippen LogP contribution in [0.15, 0.2) is 54.1 Å². The van der Waals surface area contributed by atoms with Crippen molar-refractivity contribution in [1.29, 1.82) is 0 Å². The Hall–Kier alpha value is -3.55. The third-order valence-corrected chi connectivity index (χ3v) is 5.84. The van der Waals surface area contributed by atoms with Gasteiger partial charge in [0.2, 0.25) is 0 Å². The number of hydrogen-bond acceptors (Lipinski definition) is 5. The Kier molecular flexibility index (Phi) is 9.33. The van der Waals surface area contributed by atoms with Crippen molar-refractivity contribution in [2.24, 2.45) is 0 Å². The van der Waals surface area contributed by atoms with E-state index in [-0.39, 0.29) is 31.1 Å². The van der Waals surface area contributed by atoms with E-state index in [1.165, 1.54) is 0 Å². The molecule has 8 heteroatoms. The maximum atomic E-state index is 13.2. The molecular formula is C28H36N2O6. The van der Waals surface area contributed by atoms with E-state index in [9.17, 15) is 14.4 Å². The van der Waals surface area contributed by atoms with E-state index >= 15 is 0 Å². The summed E-state index contributed by atoms with van der Waals surface area (Å²) >= 11 is 0. The standard InChI is InChI=1S/C28H36N2O6/c1-28(2,3)36-27(34)30-17-16-22(18-30)29-26(33)21(11-5-4-6-15-25(31)32)19-35-24-14-9-12-20-10-7-8-13-23(20)24/h7-14,22H,4-6,15-19H2,1-3H3,(H,29,33)(H,31,32)/b21-11+. The molecular weight excluding hydrogens is 460 g/mol. The topological polar surface area (TPSA) is 105 Å². The smallest absolute Gasteiger partial charge is 0.410 e. The number of likely N-dealkylation sites (tertiary alicyclic amines) is 1. The SMILES string of the molecule is CC(C)(C)OC(=O)N1CCC(NC(=O)/C(=C/CCCCC(=O)O)COc2cccc3ccccc23)C1. The highest BCUT2D eigenvalue weighted by Crippen LogP contribution is 2.25. The lowest BCUT2D eigenvalue weighted by molar-refractivity contribution is -0.137. The first-order chi connectivity index (χ1) is 17.1. The molecule has 194 valence electrons. The van der Waals surface area contributed by atoms with Crippen LogP contribution in [0.2, 0.25) is 0 Å². The third kappa shape index (κ3) is 8.29. The number of amides is 2. The van der Waals surface area contributed by atoms with Crippen LogP contribution in [0, 0.1) is 0 Å². The summed E-state index contributed by atoms with van der Waals surface area (Å²) in [4.78, 5) is 37.9. The largest absolute Gasteiger partial charge is 0.488 e. The summed E-state index contributed by atoms with van der Waals surface area (Å²) in [6, 6.07) is 13.5. The lowest BCUT2D eigenvalue weighted by atomic mass is 10.1. The fourth-order valence-electron chi connectivity index (χ4n) is 4.04. The number of benzene rings is 2. The number of rotatable bonds is 10. The highest BCUT2D eigenvalue weighted by molar-refractivity contribution is 5.94. The molecule has 0 saturated carbocycles. The predicted octanol–water partition coefficient (Wildman–Crippen LogP) is 4.92. The fourth-order valence-corrected chi connectivity index (χ4v) is 4.04. The first-order valence-corrected chi connectivity index (χ1v) is 12.4. The van der Waals surface area contributed by atoms with E-state index in [1.807, 2.05) is 69.3 Å². The Balaban J connectivity index is 1.64. The number of nitrogens with zero attached hydrogens (tertiary/aromatic N) is 1. The number of carboxylic acids is 1. The number of carbonyl (C=O) groups is 3. The summed E-state index contributed by atoms with van der Waals surface area (Å²) in [7, 11) is 0. The van der Waals surface area contributed by atoms with Crippen LogP contribution in [0.25, 0.3) is 10.8 Å². The summed E-state index contributed by atoms with van der Waals surface area (Å²) in [5.74, 6) is -0.383. The lowest BCUT2D eigenvalue weighted by Gasteiger charge is -2.24. The summed E-state index contributed by atoms with van der Waals surface area (Å²) < 4.78 is 11.5. The second-order valence-electron chi connectivity index (χ2n) is 10.0. The lowest BCUT2D eigenvalue weighted by Crippen LogP contribution is -2.41. The number of nitrogens with one attached hydrogen (secondary N) is 1.